The predicted molar refractivity (Wildman–Crippen MR) is 87.1 cm³/mol. The molecule has 1 amide bonds. The van der Waals surface area contributed by atoms with E-state index in [-0.39, 0.29) is 12.0 Å². The van der Waals surface area contributed by atoms with E-state index >= 15 is 0 Å². The molecule has 2 aromatic rings. The Hall–Kier alpha value is -1.72. The molecule has 0 spiro atoms. The van der Waals surface area contributed by atoms with Gasteiger partial charge in [-0.25, -0.2) is 4.98 Å². The second-order valence-electron chi connectivity index (χ2n) is 5.77. The number of thiazole rings is 1. The van der Waals surface area contributed by atoms with Crippen molar-refractivity contribution >= 4 is 22.9 Å². The average molecular weight is 314 g/mol. The second-order valence-corrected chi connectivity index (χ2v) is 6.66. The minimum absolute atomic E-state index is 0.169. The first-order valence-corrected chi connectivity index (χ1v) is 8.67. The highest BCUT2D eigenvalue weighted by Crippen LogP contribution is 2.34. The Morgan fingerprint density at radius 3 is 3.05 bits per heavy atom. The largest absolute Gasteiger partial charge is 0.371 e. The molecule has 0 bridgehead atoms. The molecule has 4 rings (SSSR count). The maximum Gasteiger partial charge on any atom is 0.227 e. The minimum Gasteiger partial charge on any atom is -0.371 e. The molecular weight excluding hydrogens is 296 g/mol. The number of rotatable bonds is 3. The molecule has 1 atom stereocenters. The third-order valence-electron chi connectivity index (χ3n) is 4.25. The molecule has 0 aliphatic carbocycles. The highest BCUT2D eigenvalue weighted by atomic mass is 32.1. The highest BCUT2D eigenvalue weighted by Gasteiger charge is 2.23. The molecule has 114 valence electrons. The van der Waals surface area contributed by atoms with E-state index in [4.69, 9.17) is 9.72 Å². The number of carbonyl (C=O) groups is 1. The molecule has 0 unspecified atom stereocenters. The smallest absolute Gasteiger partial charge is 0.227 e. The zero-order chi connectivity index (χ0) is 14.9. The van der Waals surface area contributed by atoms with Gasteiger partial charge in [0.15, 0.2) is 0 Å². The molecule has 1 aromatic heterocycles. The van der Waals surface area contributed by atoms with Crippen LogP contribution in [0.5, 0.6) is 0 Å². The monoisotopic (exact) mass is 314 g/mol. The van der Waals surface area contributed by atoms with Gasteiger partial charge in [0.25, 0.3) is 0 Å². The summed E-state index contributed by atoms with van der Waals surface area (Å²) in [6, 6.07) is 8.12. The molecule has 0 N–H and O–H groups in total. The lowest BCUT2D eigenvalue weighted by molar-refractivity contribution is -0.117. The van der Waals surface area contributed by atoms with Crippen LogP contribution in [0.4, 0.5) is 5.69 Å². The first kappa shape index (κ1) is 13.9. The zero-order valence-electron chi connectivity index (χ0n) is 12.3. The maximum atomic E-state index is 11.9. The van der Waals surface area contributed by atoms with Crippen LogP contribution in [0.2, 0.25) is 0 Å². The van der Waals surface area contributed by atoms with Crippen LogP contribution in [0.3, 0.4) is 0 Å². The minimum atomic E-state index is 0.169. The highest BCUT2D eigenvalue weighted by molar-refractivity contribution is 7.10. The van der Waals surface area contributed by atoms with Crippen molar-refractivity contribution in [3.8, 4) is 11.3 Å². The van der Waals surface area contributed by atoms with Crippen molar-refractivity contribution < 1.29 is 9.53 Å². The van der Waals surface area contributed by atoms with Crippen molar-refractivity contribution in [3.63, 3.8) is 0 Å². The summed E-state index contributed by atoms with van der Waals surface area (Å²) in [6.07, 6.45) is 3.95. The number of aromatic nitrogens is 1. The molecule has 3 heterocycles. The number of hydrogen-bond donors (Lipinski definition) is 0. The molecule has 0 radical (unpaired) electrons. The Bertz CT molecular complexity index is 691. The maximum absolute atomic E-state index is 11.9. The summed E-state index contributed by atoms with van der Waals surface area (Å²) in [6.45, 7) is 1.66. The summed E-state index contributed by atoms with van der Waals surface area (Å²) in [5.74, 6) is 0.218. The fourth-order valence-corrected chi connectivity index (χ4v) is 4.00. The Kier molecular flexibility index (Phi) is 3.68. The molecule has 5 heteroatoms. The van der Waals surface area contributed by atoms with Crippen LogP contribution < -0.4 is 4.90 Å². The Morgan fingerprint density at radius 1 is 1.32 bits per heavy atom. The van der Waals surface area contributed by atoms with E-state index in [1.54, 1.807) is 11.3 Å². The van der Waals surface area contributed by atoms with Crippen LogP contribution in [0, 0.1) is 0 Å². The van der Waals surface area contributed by atoms with Crippen LogP contribution in [-0.4, -0.2) is 24.0 Å². The van der Waals surface area contributed by atoms with Gasteiger partial charge in [-0.05, 0) is 31.4 Å². The number of benzene rings is 1. The fourth-order valence-electron chi connectivity index (χ4n) is 3.09. The summed E-state index contributed by atoms with van der Waals surface area (Å²) in [5.41, 5.74) is 3.02. The number of carbonyl (C=O) groups excluding carboxylic acids is 1. The van der Waals surface area contributed by atoms with E-state index in [1.165, 1.54) is 0 Å². The first-order chi connectivity index (χ1) is 10.8. The van der Waals surface area contributed by atoms with Crippen molar-refractivity contribution in [3.05, 3.63) is 34.7 Å². The van der Waals surface area contributed by atoms with Crippen LogP contribution in [-0.2, 0) is 9.53 Å². The lowest BCUT2D eigenvalue weighted by atomic mass is 10.1. The van der Waals surface area contributed by atoms with Crippen LogP contribution in [0.1, 0.15) is 36.8 Å². The van der Waals surface area contributed by atoms with Gasteiger partial charge in [-0.15, -0.1) is 11.3 Å². The normalized spacial score (nSPS) is 21.7. The van der Waals surface area contributed by atoms with Crippen molar-refractivity contribution in [2.24, 2.45) is 0 Å². The average Bonchev–Trinajstić information content (AvgIpc) is 3.28. The SMILES string of the molecule is O=C1CCCN1c1cccc(-c2csc([C@@H]3CCCO3)n2)c1. The van der Waals surface area contributed by atoms with Crippen LogP contribution in [0.25, 0.3) is 11.3 Å². The summed E-state index contributed by atoms with van der Waals surface area (Å²) in [4.78, 5) is 18.5. The third kappa shape index (κ3) is 2.55. The van der Waals surface area contributed by atoms with E-state index < -0.39 is 0 Å². The summed E-state index contributed by atoms with van der Waals surface area (Å²) < 4.78 is 5.70. The molecule has 1 aromatic carbocycles. The number of ether oxygens (including phenoxy) is 1. The number of nitrogens with zero attached hydrogens (tertiary/aromatic N) is 2. The van der Waals surface area contributed by atoms with Gasteiger partial charge in [-0.2, -0.15) is 0 Å². The predicted octanol–water partition coefficient (Wildman–Crippen LogP) is 3.79. The van der Waals surface area contributed by atoms with E-state index in [0.717, 1.165) is 54.4 Å². The first-order valence-electron chi connectivity index (χ1n) is 7.79. The molecule has 2 aliphatic rings. The summed E-state index contributed by atoms with van der Waals surface area (Å²) in [5, 5.41) is 3.15. The Morgan fingerprint density at radius 2 is 2.27 bits per heavy atom. The molecule has 2 saturated heterocycles. The van der Waals surface area contributed by atoms with Gasteiger partial charge in [0, 0.05) is 36.2 Å². The van der Waals surface area contributed by atoms with Crippen LogP contribution >= 0.6 is 11.3 Å². The Labute approximate surface area is 133 Å². The molecule has 4 nitrogen and oxygen atoms in total. The van der Waals surface area contributed by atoms with Gasteiger partial charge in [0.05, 0.1) is 5.69 Å². The van der Waals surface area contributed by atoms with Gasteiger partial charge >= 0.3 is 0 Å². The second kappa shape index (κ2) is 5.82. The molecule has 22 heavy (non-hydrogen) atoms. The van der Waals surface area contributed by atoms with Gasteiger partial charge in [-0.1, -0.05) is 12.1 Å². The lowest BCUT2D eigenvalue weighted by Crippen LogP contribution is -2.23. The fraction of sp³-hybridized carbons (Fsp3) is 0.412. The number of hydrogen-bond acceptors (Lipinski definition) is 4. The lowest BCUT2D eigenvalue weighted by Gasteiger charge is -2.16. The molecule has 2 fully saturated rings. The van der Waals surface area contributed by atoms with E-state index in [1.807, 2.05) is 17.0 Å². The van der Waals surface area contributed by atoms with Gasteiger partial charge in [0.2, 0.25) is 5.91 Å². The zero-order valence-corrected chi connectivity index (χ0v) is 13.1. The Balaban J connectivity index is 1.61. The van der Waals surface area contributed by atoms with Gasteiger partial charge < -0.3 is 9.64 Å². The van der Waals surface area contributed by atoms with Crippen molar-refractivity contribution in [2.45, 2.75) is 31.8 Å². The van der Waals surface area contributed by atoms with Gasteiger partial charge in [-0.3, -0.25) is 4.79 Å². The van der Waals surface area contributed by atoms with E-state index in [2.05, 4.69) is 17.5 Å². The van der Waals surface area contributed by atoms with E-state index in [0.29, 0.717) is 6.42 Å². The number of amides is 1. The van der Waals surface area contributed by atoms with Crippen molar-refractivity contribution in [1.82, 2.24) is 4.98 Å². The standard InChI is InChI=1S/C17H18N2O2S/c20-16-7-2-8-19(16)13-5-1-4-12(10-13)14-11-22-17(18-14)15-6-3-9-21-15/h1,4-5,10-11,15H,2-3,6-9H2/t15-/m0/s1. The van der Waals surface area contributed by atoms with Crippen molar-refractivity contribution in [1.29, 1.82) is 0 Å². The van der Waals surface area contributed by atoms with E-state index in [9.17, 15) is 4.79 Å². The summed E-state index contributed by atoms with van der Waals surface area (Å²) in [7, 11) is 0. The van der Waals surface area contributed by atoms with Crippen LogP contribution in [0.15, 0.2) is 29.6 Å². The topological polar surface area (TPSA) is 42.4 Å². The molecule has 0 saturated carbocycles. The molecular formula is C17H18N2O2S. The number of anilines is 1. The quantitative estimate of drug-likeness (QED) is 0.865. The van der Waals surface area contributed by atoms with Crippen molar-refractivity contribution in [2.75, 3.05) is 18.1 Å². The van der Waals surface area contributed by atoms with Gasteiger partial charge in [0.1, 0.15) is 11.1 Å². The summed E-state index contributed by atoms with van der Waals surface area (Å²) >= 11 is 1.66. The molecule has 2 aliphatic heterocycles. The third-order valence-corrected chi connectivity index (χ3v) is 5.19.